The number of carbonyl (C=O) groups excluding carboxylic acids is 3. The third-order valence-electron chi connectivity index (χ3n) is 4.89. The molecule has 0 spiro atoms. The Hall–Kier alpha value is -2.77. The average Bonchev–Trinajstić information content (AvgIpc) is 3.17. The Morgan fingerprint density at radius 2 is 1.93 bits per heavy atom. The van der Waals surface area contributed by atoms with Crippen LogP contribution >= 0.6 is 0 Å². The Labute approximate surface area is 170 Å². The van der Waals surface area contributed by atoms with E-state index in [-0.39, 0.29) is 12.6 Å². The summed E-state index contributed by atoms with van der Waals surface area (Å²) in [5.41, 5.74) is 0.376. The van der Waals surface area contributed by atoms with E-state index >= 15 is 0 Å². The smallest absolute Gasteiger partial charge is 0.410 e. The van der Waals surface area contributed by atoms with Gasteiger partial charge in [0, 0.05) is 13.3 Å². The van der Waals surface area contributed by atoms with Gasteiger partial charge in [0.2, 0.25) is 0 Å². The lowest BCUT2D eigenvalue weighted by Gasteiger charge is -2.32. The molecule has 0 bridgehead atoms. The maximum Gasteiger partial charge on any atom is 0.410 e. The molecule has 0 radical (unpaired) electrons. The van der Waals surface area contributed by atoms with Crippen LogP contribution in [0.15, 0.2) is 30.3 Å². The van der Waals surface area contributed by atoms with Crippen LogP contribution in [0.1, 0.15) is 39.7 Å². The molecule has 2 saturated heterocycles. The van der Waals surface area contributed by atoms with Gasteiger partial charge in [-0.2, -0.15) is 0 Å². The van der Waals surface area contributed by atoms with Gasteiger partial charge < -0.3 is 19.5 Å². The van der Waals surface area contributed by atoms with E-state index in [4.69, 9.17) is 14.2 Å². The number of hydrogen-bond donors (Lipinski definition) is 1. The molecule has 0 saturated carbocycles. The molecule has 158 valence electrons. The van der Waals surface area contributed by atoms with Crippen molar-refractivity contribution in [1.82, 2.24) is 10.2 Å². The summed E-state index contributed by atoms with van der Waals surface area (Å²) in [5.74, 6) is -0.415. The van der Waals surface area contributed by atoms with Gasteiger partial charge >= 0.3 is 18.2 Å². The van der Waals surface area contributed by atoms with Crippen LogP contribution in [-0.2, 0) is 25.4 Å². The van der Waals surface area contributed by atoms with Gasteiger partial charge in [-0.15, -0.1) is 0 Å². The molecule has 8 nitrogen and oxygen atoms in total. The zero-order valence-electron chi connectivity index (χ0n) is 17.2. The van der Waals surface area contributed by atoms with Crippen molar-refractivity contribution in [2.75, 3.05) is 6.54 Å². The standard InChI is InChI=1S/C21H28N2O6/c1-13(24)27-15-11-17(23(12-15)20(26)29-21(2,3)4)18-16(22-19(25)28-18)10-14-8-6-5-7-9-14/h5-9,15-18H,10-12H2,1-4H3,(H,22,25)/t15-,16-,17+,18-/m0/s1. The Morgan fingerprint density at radius 1 is 1.24 bits per heavy atom. The summed E-state index contributed by atoms with van der Waals surface area (Å²) in [7, 11) is 0. The maximum absolute atomic E-state index is 12.8. The van der Waals surface area contributed by atoms with Gasteiger partial charge in [0.05, 0.1) is 18.6 Å². The van der Waals surface area contributed by atoms with E-state index in [2.05, 4.69) is 5.32 Å². The van der Waals surface area contributed by atoms with E-state index in [1.807, 2.05) is 30.3 Å². The molecule has 2 aliphatic heterocycles. The Bertz CT molecular complexity index is 760. The minimum atomic E-state index is -0.671. The SMILES string of the molecule is CC(=O)O[C@H]1C[C@H]([C@H]2OC(=O)N[C@H]2Cc2ccccc2)N(C(=O)OC(C)(C)C)C1. The molecule has 3 rings (SSSR count). The number of amides is 2. The molecule has 0 aliphatic carbocycles. The van der Waals surface area contributed by atoms with Crippen LogP contribution in [0.2, 0.25) is 0 Å². The maximum atomic E-state index is 12.8. The molecule has 1 aromatic rings. The van der Waals surface area contributed by atoms with Crippen molar-refractivity contribution in [2.24, 2.45) is 0 Å². The molecule has 2 fully saturated rings. The van der Waals surface area contributed by atoms with Crippen LogP contribution < -0.4 is 5.32 Å². The van der Waals surface area contributed by atoms with E-state index in [1.54, 1.807) is 20.8 Å². The van der Waals surface area contributed by atoms with Crippen molar-refractivity contribution in [2.45, 2.75) is 70.4 Å². The zero-order valence-corrected chi connectivity index (χ0v) is 17.2. The summed E-state index contributed by atoms with van der Waals surface area (Å²) < 4.78 is 16.4. The lowest BCUT2D eigenvalue weighted by molar-refractivity contribution is -0.145. The summed E-state index contributed by atoms with van der Waals surface area (Å²) >= 11 is 0. The number of rotatable bonds is 4. The first-order valence-electron chi connectivity index (χ1n) is 9.80. The second-order valence-electron chi connectivity index (χ2n) is 8.48. The fraction of sp³-hybridized carbons (Fsp3) is 0.571. The van der Waals surface area contributed by atoms with Crippen molar-refractivity contribution in [3.05, 3.63) is 35.9 Å². The normalized spacial score (nSPS) is 26.6. The fourth-order valence-corrected chi connectivity index (χ4v) is 3.84. The molecule has 0 aromatic heterocycles. The second kappa shape index (κ2) is 8.31. The summed E-state index contributed by atoms with van der Waals surface area (Å²) in [6.45, 7) is 6.89. The van der Waals surface area contributed by atoms with Crippen molar-refractivity contribution >= 4 is 18.2 Å². The van der Waals surface area contributed by atoms with Gasteiger partial charge in [-0.1, -0.05) is 30.3 Å². The van der Waals surface area contributed by atoms with Crippen LogP contribution in [0.5, 0.6) is 0 Å². The third-order valence-corrected chi connectivity index (χ3v) is 4.89. The van der Waals surface area contributed by atoms with Gasteiger partial charge in [-0.25, -0.2) is 9.59 Å². The molecule has 1 N–H and O–H groups in total. The Kier molecular flexibility index (Phi) is 6.00. The van der Waals surface area contributed by atoms with E-state index in [1.165, 1.54) is 11.8 Å². The monoisotopic (exact) mass is 404 g/mol. The van der Waals surface area contributed by atoms with E-state index in [0.29, 0.717) is 12.8 Å². The first-order chi connectivity index (χ1) is 13.6. The van der Waals surface area contributed by atoms with Gasteiger partial charge in [-0.05, 0) is 32.8 Å². The molecule has 2 aliphatic rings. The molecule has 2 amide bonds. The minimum absolute atomic E-state index is 0.200. The minimum Gasteiger partial charge on any atom is -0.461 e. The molecule has 2 heterocycles. The van der Waals surface area contributed by atoms with Gasteiger partial charge in [0.15, 0.2) is 0 Å². The van der Waals surface area contributed by atoms with Crippen molar-refractivity contribution < 1.29 is 28.6 Å². The molecule has 1 aromatic carbocycles. The first-order valence-corrected chi connectivity index (χ1v) is 9.80. The van der Waals surface area contributed by atoms with Crippen LogP contribution in [0.4, 0.5) is 9.59 Å². The predicted octanol–water partition coefficient (Wildman–Crippen LogP) is 2.65. The third kappa shape index (κ3) is 5.40. The highest BCUT2D eigenvalue weighted by Gasteiger charge is 2.49. The summed E-state index contributed by atoms with van der Waals surface area (Å²) in [6, 6.07) is 8.98. The summed E-state index contributed by atoms with van der Waals surface area (Å²) in [6.07, 6.45) is -1.13. The number of esters is 1. The van der Waals surface area contributed by atoms with Crippen molar-refractivity contribution in [3.63, 3.8) is 0 Å². The number of likely N-dealkylation sites (tertiary alicyclic amines) is 1. The van der Waals surface area contributed by atoms with E-state index in [9.17, 15) is 14.4 Å². The highest BCUT2D eigenvalue weighted by atomic mass is 16.6. The summed E-state index contributed by atoms with van der Waals surface area (Å²) in [5, 5.41) is 2.84. The fourth-order valence-electron chi connectivity index (χ4n) is 3.84. The number of nitrogens with zero attached hydrogens (tertiary/aromatic N) is 1. The number of nitrogens with one attached hydrogen (secondary N) is 1. The average molecular weight is 404 g/mol. The molecule has 29 heavy (non-hydrogen) atoms. The van der Waals surface area contributed by atoms with Crippen LogP contribution in [-0.4, -0.2) is 59.5 Å². The van der Waals surface area contributed by atoms with Crippen molar-refractivity contribution in [3.8, 4) is 0 Å². The molecule has 4 atom stereocenters. The first kappa shape index (κ1) is 21.0. The Morgan fingerprint density at radius 3 is 2.55 bits per heavy atom. The van der Waals surface area contributed by atoms with Crippen LogP contribution in [0.25, 0.3) is 0 Å². The molecular weight excluding hydrogens is 376 g/mol. The number of benzene rings is 1. The quantitative estimate of drug-likeness (QED) is 0.612. The highest BCUT2D eigenvalue weighted by molar-refractivity contribution is 5.72. The molecule has 8 heteroatoms. The second-order valence-corrected chi connectivity index (χ2v) is 8.48. The van der Waals surface area contributed by atoms with Crippen molar-refractivity contribution in [1.29, 1.82) is 0 Å². The lowest BCUT2D eigenvalue weighted by Crippen LogP contribution is -2.50. The lowest BCUT2D eigenvalue weighted by atomic mass is 9.95. The van der Waals surface area contributed by atoms with Gasteiger partial charge in [0.1, 0.15) is 17.8 Å². The van der Waals surface area contributed by atoms with E-state index < -0.39 is 42.0 Å². The zero-order chi connectivity index (χ0) is 21.2. The number of alkyl carbamates (subject to hydrolysis) is 1. The van der Waals surface area contributed by atoms with Crippen LogP contribution in [0, 0.1) is 0 Å². The predicted molar refractivity (Wildman–Crippen MR) is 104 cm³/mol. The number of cyclic esters (lactones) is 1. The van der Waals surface area contributed by atoms with Gasteiger partial charge in [0.25, 0.3) is 0 Å². The number of ether oxygens (including phenoxy) is 3. The largest absolute Gasteiger partial charge is 0.461 e. The molecule has 0 unspecified atom stereocenters. The highest BCUT2D eigenvalue weighted by Crippen LogP contribution is 2.31. The van der Waals surface area contributed by atoms with E-state index in [0.717, 1.165) is 5.56 Å². The van der Waals surface area contributed by atoms with Gasteiger partial charge in [-0.3, -0.25) is 9.69 Å². The van der Waals surface area contributed by atoms with Crippen LogP contribution in [0.3, 0.4) is 0 Å². The molecular formula is C21H28N2O6. The number of hydrogen-bond acceptors (Lipinski definition) is 6. The number of carbonyl (C=O) groups is 3. The topological polar surface area (TPSA) is 94.2 Å². The summed E-state index contributed by atoms with van der Waals surface area (Å²) in [4.78, 5) is 37.8. The Balaban J connectivity index is 1.81.